The fourth-order valence-corrected chi connectivity index (χ4v) is 0.504. The monoisotopic (exact) mass is 185 g/mol. The Hall–Kier alpha value is -1.27. The van der Waals surface area contributed by atoms with Crippen LogP contribution in [0.4, 0.5) is 13.2 Å². The van der Waals surface area contributed by atoms with Crippen LogP contribution in [-0.4, -0.2) is 41.7 Å². The van der Waals surface area contributed by atoms with Crippen molar-refractivity contribution in [3.63, 3.8) is 0 Å². The molecule has 1 amide bonds. The van der Waals surface area contributed by atoms with E-state index in [9.17, 15) is 22.8 Å². The van der Waals surface area contributed by atoms with E-state index < -0.39 is 24.6 Å². The zero-order chi connectivity index (χ0) is 9.94. The molecule has 7 heteroatoms. The van der Waals surface area contributed by atoms with Crippen molar-refractivity contribution in [1.29, 1.82) is 0 Å². The van der Waals surface area contributed by atoms with Crippen molar-refractivity contribution < 1.29 is 27.9 Å². The van der Waals surface area contributed by atoms with Crippen LogP contribution < -0.4 is 0 Å². The second kappa shape index (κ2) is 3.42. The number of halogens is 3. The molecular weight excluding hydrogens is 179 g/mol. The highest BCUT2D eigenvalue weighted by Gasteiger charge is 2.32. The second-order valence-corrected chi connectivity index (χ2v) is 2.08. The first-order valence-electron chi connectivity index (χ1n) is 2.79. The summed E-state index contributed by atoms with van der Waals surface area (Å²) in [4.78, 5) is 20.3. The van der Waals surface area contributed by atoms with E-state index in [0.29, 0.717) is 0 Å². The highest BCUT2D eigenvalue weighted by molar-refractivity contribution is 6.31. The van der Waals surface area contributed by atoms with Gasteiger partial charge in [0.2, 0.25) is 0 Å². The van der Waals surface area contributed by atoms with Gasteiger partial charge in [-0.25, -0.2) is 4.79 Å². The Labute approximate surface area is 65.6 Å². The van der Waals surface area contributed by atoms with Gasteiger partial charge < -0.3 is 10.0 Å². The van der Waals surface area contributed by atoms with Gasteiger partial charge in [-0.15, -0.1) is 0 Å². The van der Waals surface area contributed by atoms with Crippen LogP contribution >= 0.6 is 0 Å². The minimum atomic E-state index is -4.57. The molecule has 0 saturated carbocycles. The number of amides is 1. The van der Waals surface area contributed by atoms with Gasteiger partial charge >= 0.3 is 18.1 Å². The number of carboxylic acids is 1. The highest BCUT2D eigenvalue weighted by atomic mass is 19.4. The first-order valence-corrected chi connectivity index (χ1v) is 2.79. The number of carbonyl (C=O) groups is 2. The maximum atomic E-state index is 11.5. The molecule has 0 bridgehead atoms. The Morgan fingerprint density at radius 3 is 2.08 bits per heavy atom. The molecule has 1 N–H and O–H groups in total. The zero-order valence-electron chi connectivity index (χ0n) is 6.05. The molecule has 0 aromatic rings. The van der Waals surface area contributed by atoms with Crippen LogP contribution in [0.15, 0.2) is 0 Å². The smallest absolute Gasteiger partial charge is 0.406 e. The fourth-order valence-electron chi connectivity index (χ4n) is 0.504. The SMILES string of the molecule is CN(CC(F)(F)F)C(=O)C(=O)O. The van der Waals surface area contributed by atoms with Crippen LogP contribution in [0.2, 0.25) is 0 Å². The van der Waals surface area contributed by atoms with Gasteiger partial charge in [-0.1, -0.05) is 0 Å². The van der Waals surface area contributed by atoms with Crippen LogP contribution in [0.3, 0.4) is 0 Å². The topological polar surface area (TPSA) is 57.6 Å². The number of nitrogens with zero attached hydrogens (tertiary/aromatic N) is 1. The van der Waals surface area contributed by atoms with Gasteiger partial charge in [0.1, 0.15) is 6.54 Å². The molecule has 4 nitrogen and oxygen atoms in total. The lowest BCUT2D eigenvalue weighted by molar-refractivity contribution is -0.167. The summed E-state index contributed by atoms with van der Waals surface area (Å²) in [7, 11) is 0.768. The summed E-state index contributed by atoms with van der Waals surface area (Å²) < 4.78 is 34.6. The molecule has 0 aromatic carbocycles. The number of alkyl halides is 3. The number of hydrogen-bond acceptors (Lipinski definition) is 2. The number of aliphatic carboxylic acids is 1. The molecule has 0 fully saturated rings. The molecule has 0 aliphatic heterocycles. The molecule has 0 atom stereocenters. The van der Waals surface area contributed by atoms with Crippen LogP contribution in [-0.2, 0) is 9.59 Å². The van der Waals surface area contributed by atoms with Gasteiger partial charge in [0.05, 0.1) is 0 Å². The molecule has 0 unspecified atom stereocenters. The number of hydrogen-bond donors (Lipinski definition) is 1. The highest BCUT2D eigenvalue weighted by Crippen LogP contribution is 2.15. The van der Waals surface area contributed by atoms with Crippen LogP contribution in [0, 0.1) is 0 Å². The summed E-state index contributed by atoms with van der Waals surface area (Å²) in [5, 5.41) is 7.99. The quantitative estimate of drug-likeness (QED) is 0.589. The minimum absolute atomic E-state index is 0.0856. The van der Waals surface area contributed by atoms with Gasteiger partial charge in [0, 0.05) is 7.05 Å². The van der Waals surface area contributed by atoms with Crippen LogP contribution in [0.5, 0.6) is 0 Å². The predicted octanol–water partition coefficient (Wildman–Crippen LogP) is 0.0917. The Bertz CT molecular complexity index is 201. The summed E-state index contributed by atoms with van der Waals surface area (Å²) in [5.41, 5.74) is 0. The van der Waals surface area contributed by atoms with E-state index in [4.69, 9.17) is 5.11 Å². The Morgan fingerprint density at radius 2 is 1.83 bits per heavy atom. The van der Waals surface area contributed by atoms with Gasteiger partial charge in [0.15, 0.2) is 0 Å². The summed E-state index contributed by atoms with van der Waals surface area (Å²) in [6, 6.07) is 0. The lowest BCUT2D eigenvalue weighted by Gasteiger charge is -2.15. The van der Waals surface area contributed by atoms with Gasteiger partial charge in [-0.05, 0) is 0 Å². The van der Waals surface area contributed by atoms with Gasteiger partial charge in [-0.2, -0.15) is 13.2 Å². The number of rotatable bonds is 1. The number of carbonyl (C=O) groups excluding carboxylic acids is 1. The summed E-state index contributed by atoms with van der Waals surface area (Å²) in [5.74, 6) is -3.48. The second-order valence-electron chi connectivity index (χ2n) is 2.08. The first kappa shape index (κ1) is 10.7. The molecule has 0 radical (unpaired) electrons. The lowest BCUT2D eigenvalue weighted by Crippen LogP contribution is -2.39. The average Bonchev–Trinajstić information content (AvgIpc) is 1.82. The zero-order valence-corrected chi connectivity index (χ0v) is 6.05. The van der Waals surface area contributed by atoms with E-state index in [1.165, 1.54) is 0 Å². The maximum Gasteiger partial charge on any atom is 0.406 e. The van der Waals surface area contributed by atoms with E-state index in [1.807, 2.05) is 0 Å². The molecule has 0 aromatic heterocycles. The third kappa shape index (κ3) is 3.79. The fraction of sp³-hybridized carbons (Fsp3) is 0.600. The van der Waals surface area contributed by atoms with E-state index in [0.717, 1.165) is 7.05 Å². The molecule has 0 heterocycles. The molecular formula is C5H6F3NO3. The first-order chi connectivity index (χ1) is 5.24. The van der Waals surface area contributed by atoms with Crippen molar-refractivity contribution in [3.8, 4) is 0 Å². The van der Waals surface area contributed by atoms with Crippen molar-refractivity contribution in [2.45, 2.75) is 6.18 Å². The molecule has 0 aliphatic rings. The molecule has 0 aliphatic carbocycles. The Morgan fingerprint density at radius 1 is 1.42 bits per heavy atom. The normalized spacial score (nSPS) is 11.0. The lowest BCUT2D eigenvalue weighted by atomic mass is 10.5. The maximum absolute atomic E-state index is 11.5. The van der Waals surface area contributed by atoms with Crippen molar-refractivity contribution in [1.82, 2.24) is 4.90 Å². The molecule has 0 saturated heterocycles. The van der Waals surface area contributed by atoms with Crippen LogP contribution in [0.25, 0.3) is 0 Å². The van der Waals surface area contributed by atoms with Crippen molar-refractivity contribution in [2.75, 3.05) is 13.6 Å². The van der Waals surface area contributed by atoms with E-state index in [-0.39, 0.29) is 4.90 Å². The van der Waals surface area contributed by atoms with E-state index >= 15 is 0 Å². The molecule has 70 valence electrons. The molecule has 0 rings (SSSR count). The summed E-state index contributed by atoms with van der Waals surface area (Å²) >= 11 is 0. The number of carboxylic acid groups (broad SMARTS) is 1. The molecule has 12 heavy (non-hydrogen) atoms. The largest absolute Gasteiger partial charge is 0.474 e. The predicted molar refractivity (Wildman–Crippen MR) is 31.3 cm³/mol. The summed E-state index contributed by atoms with van der Waals surface area (Å²) in [6.07, 6.45) is -4.57. The van der Waals surface area contributed by atoms with E-state index in [2.05, 4.69) is 0 Å². The summed E-state index contributed by atoms with van der Waals surface area (Å²) in [6.45, 7) is -1.56. The standard InChI is InChI=1S/C5H6F3NO3/c1-9(2-5(6,7)8)3(10)4(11)12/h2H2,1H3,(H,11,12). The third-order valence-corrected chi connectivity index (χ3v) is 0.946. The Balaban J connectivity index is 4.14. The van der Waals surface area contributed by atoms with Gasteiger partial charge in [0.25, 0.3) is 0 Å². The van der Waals surface area contributed by atoms with Crippen molar-refractivity contribution in [3.05, 3.63) is 0 Å². The minimum Gasteiger partial charge on any atom is -0.474 e. The van der Waals surface area contributed by atoms with Crippen molar-refractivity contribution >= 4 is 11.9 Å². The molecule has 0 spiro atoms. The Kier molecular flexibility index (Phi) is 3.06. The third-order valence-electron chi connectivity index (χ3n) is 0.946. The van der Waals surface area contributed by atoms with E-state index in [1.54, 1.807) is 0 Å². The van der Waals surface area contributed by atoms with Gasteiger partial charge in [-0.3, -0.25) is 4.79 Å². The van der Waals surface area contributed by atoms with Crippen LogP contribution in [0.1, 0.15) is 0 Å². The average molecular weight is 185 g/mol. The number of likely N-dealkylation sites (N-methyl/N-ethyl adjacent to an activating group) is 1. The van der Waals surface area contributed by atoms with Crippen molar-refractivity contribution in [2.24, 2.45) is 0 Å².